The van der Waals surface area contributed by atoms with E-state index >= 15 is 0 Å². The van der Waals surface area contributed by atoms with Crippen molar-refractivity contribution in [2.45, 2.75) is 37.2 Å². The fourth-order valence-corrected chi connectivity index (χ4v) is 1.77. The zero-order valence-corrected chi connectivity index (χ0v) is 9.62. The summed E-state index contributed by atoms with van der Waals surface area (Å²) < 4.78 is 0. The largest absolute Gasteiger partial charge is 0.386 e. The summed E-state index contributed by atoms with van der Waals surface area (Å²) in [5.41, 5.74) is 1.76. The molecular formula is C10H15BClNO2. The molecule has 0 amide bonds. The van der Waals surface area contributed by atoms with Gasteiger partial charge in [-0.05, 0) is 31.4 Å². The second kappa shape index (κ2) is 4.70. The lowest BCUT2D eigenvalue weighted by molar-refractivity contribution is 0.115. The van der Waals surface area contributed by atoms with Crippen molar-refractivity contribution in [1.29, 1.82) is 0 Å². The summed E-state index contributed by atoms with van der Waals surface area (Å²) in [6.45, 7) is 3.36. The molecule has 15 heavy (non-hydrogen) atoms. The molecule has 0 bridgehead atoms. The van der Waals surface area contributed by atoms with Gasteiger partial charge in [-0.15, -0.1) is 0 Å². The van der Waals surface area contributed by atoms with Gasteiger partial charge < -0.3 is 10.3 Å². The quantitative estimate of drug-likeness (QED) is 0.296. The molecule has 1 aliphatic rings. The van der Waals surface area contributed by atoms with Crippen LogP contribution in [0.3, 0.4) is 0 Å². The van der Waals surface area contributed by atoms with E-state index < -0.39 is 11.1 Å². The van der Waals surface area contributed by atoms with Crippen LogP contribution in [0.5, 0.6) is 0 Å². The van der Waals surface area contributed by atoms with Crippen LogP contribution in [0.4, 0.5) is 0 Å². The molecule has 5 heteroatoms. The molecule has 3 N–H and O–H groups in total. The van der Waals surface area contributed by atoms with E-state index in [0.717, 1.165) is 11.1 Å². The lowest BCUT2D eigenvalue weighted by atomic mass is 9.69. The standard InChI is InChI=1S/C10H15BClNO2/c1-10(2,14)7-5-6(9(12)13-15)3-4-8(7)11/h3,5,8-9,13-15H,4H2,1-2H3. The van der Waals surface area contributed by atoms with Gasteiger partial charge in [0, 0.05) is 0 Å². The average molecular weight is 228 g/mol. The number of rotatable bonds is 3. The predicted octanol–water partition coefficient (Wildman–Crippen LogP) is 1.51. The molecular weight excluding hydrogens is 212 g/mol. The number of alkyl halides is 1. The summed E-state index contributed by atoms with van der Waals surface area (Å²) in [7, 11) is 5.87. The summed E-state index contributed by atoms with van der Waals surface area (Å²) in [6, 6.07) is 0. The van der Waals surface area contributed by atoms with Crippen LogP contribution in [0.2, 0.25) is 5.82 Å². The number of hydrogen-bond acceptors (Lipinski definition) is 3. The Bertz CT molecular complexity index is 296. The average Bonchev–Trinajstić information content (AvgIpc) is 2.15. The summed E-state index contributed by atoms with van der Waals surface area (Å²) in [6.07, 6.45) is 4.19. The highest BCUT2D eigenvalue weighted by molar-refractivity contribution is 6.22. The summed E-state index contributed by atoms with van der Waals surface area (Å²) >= 11 is 5.81. The van der Waals surface area contributed by atoms with E-state index in [9.17, 15) is 5.11 Å². The van der Waals surface area contributed by atoms with Gasteiger partial charge in [0.15, 0.2) is 0 Å². The highest BCUT2D eigenvalue weighted by Crippen LogP contribution is 2.35. The van der Waals surface area contributed by atoms with Crippen LogP contribution in [-0.2, 0) is 0 Å². The van der Waals surface area contributed by atoms with Crippen LogP contribution >= 0.6 is 11.6 Å². The third kappa shape index (κ3) is 3.08. The second-order valence-corrected chi connectivity index (χ2v) is 4.63. The maximum absolute atomic E-state index is 9.88. The first kappa shape index (κ1) is 12.8. The van der Waals surface area contributed by atoms with Crippen molar-refractivity contribution in [3.8, 4) is 0 Å². The Kier molecular flexibility index (Phi) is 4.01. The van der Waals surface area contributed by atoms with E-state index in [2.05, 4.69) is 0 Å². The van der Waals surface area contributed by atoms with Gasteiger partial charge in [0.25, 0.3) is 0 Å². The fraction of sp³-hybridized carbons (Fsp3) is 0.600. The minimum Gasteiger partial charge on any atom is -0.386 e. The van der Waals surface area contributed by atoms with E-state index in [0.29, 0.717) is 6.42 Å². The highest BCUT2D eigenvalue weighted by Gasteiger charge is 2.27. The molecule has 1 rings (SSSR count). The lowest BCUT2D eigenvalue weighted by Crippen LogP contribution is -2.29. The van der Waals surface area contributed by atoms with E-state index in [1.54, 1.807) is 19.9 Å². The first-order valence-corrected chi connectivity index (χ1v) is 5.23. The highest BCUT2D eigenvalue weighted by atomic mass is 35.5. The van der Waals surface area contributed by atoms with Crippen molar-refractivity contribution in [2.75, 3.05) is 0 Å². The molecule has 0 spiro atoms. The molecule has 2 atom stereocenters. The number of hydrogen-bond donors (Lipinski definition) is 3. The summed E-state index contributed by atoms with van der Waals surface area (Å²) in [5, 5.41) is 18.6. The molecule has 82 valence electrons. The van der Waals surface area contributed by atoms with Crippen molar-refractivity contribution >= 4 is 19.4 Å². The molecule has 0 aromatic rings. The number of nitrogens with one attached hydrogen (secondary N) is 1. The Balaban J connectivity index is 2.94. The lowest BCUT2D eigenvalue weighted by Gasteiger charge is -2.30. The topological polar surface area (TPSA) is 52.5 Å². The van der Waals surface area contributed by atoms with Gasteiger partial charge in [-0.3, -0.25) is 0 Å². The van der Waals surface area contributed by atoms with E-state index in [-0.39, 0.29) is 5.82 Å². The monoisotopic (exact) mass is 227 g/mol. The maximum atomic E-state index is 9.88. The van der Waals surface area contributed by atoms with Crippen molar-refractivity contribution in [1.82, 2.24) is 5.48 Å². The van der Waals surface area contributed by atoms with Crippen LogP contribution in [0.15, 0.2) is 23.3 Å². The van der Waals surface area contributed by atoms with Gasteiger partial charge in [-0.25, -0.2) is 0 Å². The Morgan fingerprint density at radius 3 is 2.73 bits per heavy atom. The third-order valence-electron chi connectivity index (χ3n) is 2.44. The molecule has 0 heterocycles. The minimum atomic E-state index is -0.967. The first-order chi connectivity index (χ1) is 6.86. The molecule has 0 fully saturated rings. The Morgan fingerprint density at radius 2 is 2.27 bits per heavy atom. The fourth-order valence-electron chi connectivity index (χ4n) is 1.62. The van der Waals surface area contributed by atoms with Gasteiger partial charge in [-0.2, -0.15) is 5.48 Å². The molecule has 0 saturated carbocycles. The molecule has 0 aromatic heterocycles. The van der Waals surface area contributed by atoms with Gasteiger partial charge >= 0.3 is 0 Å². The van der Waals surface area contributed by atoms with Gasteiger partial charge in [0.05, 0.1) is 13.4 Å². The predicted molar refractivity (Wildman–Crippen MR) is 61.1 cm³/mol. The van der Waals surface area contributed by atoms with Crippen LogP contribution in [0.1, 0.15) is 20.3 Å². The van der Waals surface area contributed by atoms with Crippen LogP contribution in [0, 0.1) is 0 Å². The first-order valence-electron chi connectivity index (χ1n) is 4.80. The van der Waals surface area contributed by atoms with Crippen LogP contribution in [0.25, 0.3) is 0 Å². The molecule has 2 radical (unpaired) electrons. The Labute approximate surface area is 96.2 Å². The van der Waals surface area contributed by atoms with Crippen molar-refractivity contribution in [3.63, 3.8) is 0 Å². The van der Waals surface area contributed by atoms with Crippen LogP contribution < -0.4 is 5.48 Å². The number of aliphatic hydroxyl groups is 1. The van der Waals surface area contributed by atoms with Gasteiger partial charge in [0.2, 0.25) is 0 Å². The normalized spacial score (nSPS) is 24.5. The van der Waals surface area contributed by atoms with Crippen LogP contribution in [-0.4, -0.2) is 29.3 Å². The SMILES string of the molecule is [B]C1CC=C(C(Cl)NO)C=C1C(C)(C)O. The third-order valence-corrected chi connectivity index (χ3v) is 2.79. The molecule has 3 nitrogen and oxygen atoms in total. The van der Waals surface area contributed by atoms with Crippen molar-refractivity contribution in [3.05, 3.63) is 23.3 Å². The maximum Gasteiger partial charge on any atom is 0.130 e. The number of allylic oxidation sites excluding steroid dienone is 1. The van der Waals surface area contributed by atoms with Crippen molar-refractivity contribution in [2.24, 2.45) is 0 Å². The van der Waals surface area contributed by atoms with E-state index in [4.69, 9.17) is 24.7 Å². The molecule has 0 aliphatic heterocycles. The second-order valence-electron chi connectivity index (χ2n) is 4.20. The summed E-state index contributed by atoms with van der Waals surface area (Å²) in [4.78, 5) is 0. The van der Waals surface area contributed by atoms with Gasteiger partial charge in [0.1, 0.15) is 5.50 Å². The minimum absolute atomic E-state index is 0.198. The Morgan fingerprint density at radius 1 is 1.67 bits per heavy atom. The molecule has 1 aliphatic carbocycles. The van der Waals surface area contributed by atoms with Crippen molar-refractivity contribution < 1.29 is 10.3 Å². The summed E-state index contributed by atoms with van der Waals surface area (Å²) in [5.74, 6) is -0.198. The van der Waals surface area contributed by atoms with Gasteiger partial charge in [-0.1, -0.05) is 29.6 Å². The zero-order valence-electron chi connectivity index (χ0n) is 8.87. The smallest absolute Gasteiger partial charge is 0.130 e. The molecule has 2 unspecified atom stereocenters. The zero-order chi connectivity index (χ0) is 11.6. The molecule has 0 aromatic carbocycles. The number of halogens is 1. The van der Waals surface area contributed by atoms with E-state index in [1.165, 1.54) is 0 Å². The Hall–Kier alpha value is -0.285. The number of hydroxylamine groups is 1. The van der Waals surface area contributed by atoms with E-state index in [1.807, 2.05) is 11.6 Å². The molecule has 0 saturated heterocycles.